The highest BCUT2D eigenvalue weighted by molar-refractivity contribution is 5.85. The zero-order valence-electron chi connectivity index (χ0n) is 11.5. The Hall–Kier alpha value is -1.55. The summed E-state index contributed by atoms with van der Waals surface area (Å²) in [5.41, 5.74) is 0.913. The lowest BCUT2D eigenvalue weighted by Gasteiger charge is -2.34. The van der Waals surface area contributed by atoms with Gasteiger partial charge in [-0.3, -0.25) is 4.79 Å². The predicted octanol–water partition coefficient (Wildman–Crippen LogP) is 1.92. The number of hydrogen-bond acceptors (Lipinski definition) is 3. The van der Waals surface area contributed by atoms with Crippen LogP contribution in [0.5, 0.6) is 5.75 Å². The van der Waals surface area contributed by atoms with Crippen LogP contribution in [-0.4, -0.2) is 23.2 Å². The zero-order valence-corrected chi connectivity index (χ0v) is 11.5. The van der Waals surface area contributed by atoms with Crippen molar-refractivity contribution in [1.82, 2.24) is 5.32 Å². The fourth-order valence-corrected chi connectivity index (χ4v) is 2.18. The molecule has 1 aliphatic rings. The van der Waals surface area contributed by atoms with Crippen molar-refractivity contribution in [3.8, 4) is 5.75 Å². The highest BCUT2D eigenvalue weighted by atomic mass is 16.5. The monoisotopic (exact) mass is 263 g/mol. The normalized spacial score (nSPS) is 16.6. The lowest BCUT2D eigenvalue weighted by atomic mass is 9.79. The number of benzene rings is 1. The predicted molar refractivity (Wildman–Crippen MR) is 73.0 cm³/mol. The highest BCUT2D eigenvalue weighted by Gasteiger charge is 2.41. The van der Waals surface area contributed by atoms with Crippen molar-refractivity contribution >= 4 is 5.91 Å². The number of hydrogen-bond donors (Lipinski definition) is 2. The summed E-state index contributed by atoms with van der Waals surface area (Å²) in [4.78, 5) is 11.9. The van der Waals surface area contributed by atoms with Crippen molar-refractivity contribution in [2.24, 2.45) is 0 Å². The fourth-order valence-electron chi connectivity index (χ4n) is 2.18. The van der Waals surface area contributed by atoms with E-state index in [1.807, 2.05) is 32.0 Å². The lowest BCUT2D eigenvalue weighted by Crippen LogP contribution is -2.51. The maximum Gasteiger partial charge on any atom is 0.252 e. The van der Waals surface area contributed by atoms with Crippen LogP contribution in [0, 0.1) is 6.92 Å². The minimum absolute atomic E-state index is 0.276. The van der Waals surface area contributed by atoms with E-state index in [1.165, 1.54) is 0 Å². The van der Waals surface area contributed by atoms with E-state index in [9.17, 15) is 9.90 Å². The van der Waals surface area contributed by atoms with E-state index in [2.05, 4.69) is 5.32 Å². The van der Waals surface area contributed by atoms with Gasteiger partial charge in [0.1, 0.15) is 11.4 Å². The van der Waals surface area contributed by atoms with Gasteiger partial charge in [0.05, 0.1) is 6.61 Å². The molecule has 1 fully saturated rings. The number of carbonyl (C=O) groups excluding carboxylic acids is 1. The first-order valence-corrected chi connectivity index (χ1v) is 6.78. The average Bonchev–Trinajstić information content (AvgIpc) is 2.35. The molecule has 0 radical (unpaired) electrons. The largest absolute Gasteiger partial charge is 0.494 e. The smallest absolute Gasteiger partial charge is 0.252 e. The average molecular weight is 263 g/mol. The number of rotatable bonds is 5. The van der Waals surface area contributed by atoms with Gasteiger partial charge in [-0.1, -0.05) is 12.1 Å². The summed E-state index contributed by atoms with van der Waals surface area (Å²) in [6.45, 7) is 4.91. The Morgan fingerprint density at radius 2 is 2.21 bits per heavy atom. The van der Waals surface area contributed by atoms with Gasteiger partial charge in [-0.25, -0.2) is 0 Å². The first-order valence-electron chi connectivity index (χ1n) is 6.78. The van der Waals surface area contributed by atoms with Gasteiger partial charge in [0.15, 0.2) is 0 Å². The molecule has 0 heterocycles. The Morgan fingerprint density at radius 1 is 1.47 bits per heavy atom. The quantitative estimate of drug-likeness (QED) is 0.853. The maximum absolute atomic E-state index is 11.9. The molecule has 1 aromatic carbocycles. The van der Waals surface area contributed by atoms with Crippen molar-refractivity contribution in [2.45, 2.75) is 45.3 Å². The van der Waals surface area contributed by atoms with Crippen molar-refractivity contribution in [1.29, 1.82) is 0 Å². The molecule has 1 aliphatic carbocycles. The van der Waals surface area contributed by atoms with Gasteiger partial charge in [-0.15, -0.1) is 0 Å². The van der Waals surface area contributed by atoms with Crippen LogP contribution in [0.3, 0.4) is 0 Å². The van der Waals surface area contributed by atoms with E-state index in [0.717, 1.165) is 23.3 Å². The maximum atomic E-state index is 11.9. The van der Waals surface area contributed by atoms with E-state index in [-0.39, 0.29) is 5.91 Å². The molecule has 1 saturated carbocycles. The van der Waals surface area contributed by atoms with E-state index in [0.29, 0.717) is 26.0 Å². The summed E-state index contributed by atoms with van der Waals surface area (Å²) in [6, 6.07) is 5.90. The molecule has 0 atom stereocenters. The second-order valence-corrected chi connectivity index (χ2v) is 5.11. The van der Waals surface area contributed by atoms with E-state index in [1.54, 1.807) is 0 Å². The van der Waals surface area contributed by atoms with Crippen LogP contribution >= 0.6 is 0 Å². The molecule has 0 saturated heterocycles. The second kappa shape index (κ2) is 5.61. The molecule has 1 amide bonds. The number of ether oxygens (including phenoxy) is 1. The summed E-state index contributed by atoms with van der Waals surface area (Å²) in [5, 5.41) is 12.7. The standard InChI is InChI=1S/C15H21NO3/c1-3-19-13-9-11(2)5-6-12(13)10-16-14(17)15(18)7-4-8-15/h5-6,9,18H,3-4,7-8,10H2,1-2H3,(H,16,17). The Kier molecular flexibility index (Phi) is 4.10. The van der Waals surface area contributed by atoms with Crippen LogP contribution in [0.4, 0.5) is 0 Å². The molecule has 2 N–H and O–H groups in total. The first kappa shape index (κ1) is 13.9. The van der Waals surface area contributed by atoms with E-state index >= 15 is 0 Å². The number of nitrogens with one attached hydrogen (secondary N) is 1. The fraction of sp³-hybridized carbons (Fsp3) is 0.533. The van der Waals surface area contributed by atoms with Crippen LogP contribution in [0.25, 0.3) is 0 Å². The summed E-state index contributed by atoms with van der Waals surface area (Å²) >= 11 is 0. The Bertz CT molecular complexity index is 466. The summed E-state index contributed by atoms with van der Waals surface area (Å²) in [6.07, 6.45) is 2.04. The topological polar surface area (TPSA) is 58.6 Å². The third-order valence-electron chi connectivity index (χ3n) is 3.57. The minimum Gasteiger partial charge on any atom is -0.494 e. The molecule has 0 unspecified atom stereocenters. The van der Waals surface area contributed by atoms with Gasteiger partial charge < -0.3 is 15.2 Å². The lowest BCUT2D eigenvalue weighted by molar-refractivity contribution is -0.148. The van der Waals surface area contributed by atoms with Crippen LogP contribution in [0.1, 0.15) is 37.3 Å². The summed E-state index contributed by atoms with van der Waals surface area (Å²) < 4.78 is 5.56. The second-order valence-electron chi connectivity index (χ2n) is 5.11. The molecule has 0 bridgehead atoms. The van der Waals surface area contributed by atoms with Crippen molar-refractivity contribution in [2.75, 3.05) is 6.61 Å². The number of aliphatic hydroxyl groups is 1. The van der Waals surface area contributed by atoms with Crippen molar-refractivity contribution < 1.29 is 14.6 Å². The van der Waals surface area contributed by atoms with Gasteiger partial charge in [0, 0.05) is 12.1 Å². The third kappa shape index (κ3) is 3.07. The van der Waals surface area contributed by atoms with Crippen LogP contribution in [-0.2, 0) is 11.3 Å². The molecule has 2 rings (SSSR count). The van der Waals surface area contributed by atoms with Crippen LogP contribution in [0.2, 0.25) is 0 Å². The molecule has 0 aliphatic heterocycles. The SMILES string of the molecule is CCOc1cc(C)ccc1CNC(=O)C1(O)CCC1. The number of amides is 1. The molecule has 4 nitrogen and oxygen atoms in total. The molecular formula is C15H21NO3. The Labute approximate surface area is 113 Å². The van der Waals surface area contributed by atoms with Crippen LogP contribution in [0.15, 0.2) is 18.2 Å². The molecule has 0 spiro atoms. The Balaban J connectivity index is 2.00. The summed E-state index contributed by atoms with van der Waals surface area (Å²) in [7, 11) is 0. The molecule has 104 valence electrons. The summed E-state index contributed by atoms with van der Waals surface area (Å²) in [5.74, 6) is 0.519. The Morgan fingerprint density at radius 3 is 2.79 bits per heavy atom. The van der Waals surface area contributed by atoms with Gasteiger partial charge in [-0.05, 0) is 44.7 Å². The van der Waals surface area contributed by atoms with E-state index < -0.39 is 5.60 Å². The molecular weight excluding hydrogens is 242 g/mol. The highest BCUT2D eigenvalue weighted by Crippen LogP contribution is 2.31. The van der Waals surface area contributed by atoms with Gasteiger partial charge in [0.2, 0.25) is 0 Å². The molecule has 19 heavy (non-hydrogen) atoms. The van der Waals surface area contributed by atoms with Gasteiger partial charge >= 0.3 is 0 Å². The molecule has 4 heteroatoms. The van der Waals surface area contributed by atoms with Crippen molar-refractivity contribution in [3.63, 3.8) is 0 Å². The van der Waals surface area contributed by atoms with E-state index in [4.69, 9.17) is 4.74 Å². The van der Waals surface area contributed by atoms with Crippen molar-refractivity contribution in [3.05, 3.63) is 29.3 Å². The number of carbonyl (C=O) groups is 1. The van der Waals surface area contributed by atoms with Gasteiger partial charge in [-0.2, -0.15) is 0 Å². The minimum atomic E-state index is -1.14. The van der Waals surface area contributed by atoms with Gasteiger partial charge in [0.25, 0.3) is 5.91 Å². The first-order chi connectivity index (χ1) is 9.05. The van der Waals surface area contributed by atoms with Crippen LogP contribution < -0.4 is 10.1 Å². The zero-order chi connectivity index (χ0) is 13.9. The third-order valence-corrected chi connectivity index (χ3v) is 3.57. The molecule has 0 aromatic heterocycles. The number of aryl methyl sites for hydroxylation is 1. The molecule has 1 aromatic rings.